The van der Waals surface area contributed by atoms with E-state index in [1.54, 1.807) is 24.3 Å². The van der Waals surface area contributed by atoms with Crippen molar-refractivity contribution in [1.29, 1.82) is 0 Å². The van der Waals surface area contributed by atoms with Crippen molar-refractivity contribution in [3.63, 3.8) is 0 Å². The summed E-state index contributed by atoms with van der Waals surface area (Å²) in [5, 5.41) is 14.5. The van der Waals surface area contributed by atoms with Crippen molar-refractivity contribution in [1.82, 2.24) is 5.32 Å². The number of amides is 1. The van der Waals surface area contributed by atoms with Crippen LogP contribution in [0, 0.1) is 0 Å². The van der Waals surface area contributed by atoms with Crippen LogP contribution in [0.5, 0.6) is 5.75 Å². The van der Waals surface area contributed by atoms with Crippen LogP contribution in [0.3, 0.4) is 0 Å². The molecule has 1 aromatic carbocycles. The maximum Gasteiger partial charge on any atom is 0.258 e. The second-order valence-corrected chi connectivity index (χ2v) is 4.81. The van der Waals surface area contributed by atoms with E-state index in [1.165, 1.54) is 0 Å². The van der Waals surface area contributed by atoms with E-state index < -0.39 is 0 Å². The average molecular weight is 293 g/mol. The molecule has 1 fully saturated rings. The molecule has 2 unspecified atom stereocenters. The number of carbonyl (C=O) groups excluding carboxylic acids is 1. The number of carbonyl (C=O) groups is 1. The summed E-state index contributed by atoms with van der Waals surface area (Å²) in [6, 6.07) is 6.80. The van der Waals surface area contributed by atoms with Crippen molar-refractivity contribution >= 4 is 11.7 Å². The zero-order valence-corrected chi connectivity index (χ0v) is 11.8. The number of oxime groups is 1. The number of rotatable bonds is 5. The van der Waals surface area contributed by atoms with Crippen molar-refractivity contribution in [2.75, 3.05) is 13.2 Å². The molecule has 0 spiro atoms. The minimum Gasteiger partial charge on any atom is -0.483 e. The zero-order valence-electron chi connectivity index (χ0n) is 11.8. The van der Waals surface area contributed by atoms with Crippen molar-refractivity contribution in [3.8, 4) is 5.75 Å². The number of amidine groups is 1. The molecular weight excluding hydrogens is 274 g/mol. The molecular formula is C14H19N3O4. The number of ether oxygens (including phenoxy) is 2. The molecule has 1 aliphatic rings. The Morgan fingerprint density at radius 3 is 3.00 bits per heavy atom. The molecule has 0 bridgehead atoms. The van der Waals surface area contributed by atoms with Crippen LogP contribution >= 0.6 is 0 Å². The smallest absolute Gasteiger partial charge is 0.258 e. The molecule has 1 aliphatic heterocycles. The number of hydrogen-bond acceptors (Lipinski definition) is 5. The summed E-state index contributed by atoms with van der Waals surface area (Å²) < 4.78 is 10.8. The van der Waals surface area contributed by atoms with Gasteiger partial charge < -0.3 is 25.7 Å². The molecule has 0 radical (unpaired) electrons. The minimum atomic E-state index is -0.230. The van der Waals surface area contributed by atoms with Crippen LogP contribution in [0.2, 0.25) is 0 Å². The molecule has 7 nitrogen and oxygen atoms in total. The van der Waals surface area contributed by atoms with Crippen molar-refractivity contribution in [3.05, 3.63) is 29.8 Å². The fourth-order valence-corrected chi connectivity index (χ4v) is 2.17. The second-order valence-electron chi connectivity index (χ2n) is 4.81. The number of nitrogens with two attached hydrogens (primary N) is 1. The SMILES string of the molecule is CC1OCCC1NC(=O)COc1ccccc1/C(N)=N/O. The van der Waals surface area contributed by atoms with Crippen LogP contribution in [0.15, 0.2) is 29.4 Å². The lowest BCUT2D eigenvalue weighted by molar-refractivity contribution is -0.124. The Morgan fingerprint density at radius 1 is 1.57 bits per heavy atom. The van der Waals surface area contributed by atoms with Crippen LogP contribution in [0.1, 0.15) is 18.9 Å². The zero-order chi connectivity index (χ0) is 15.2. The Labute approximate surface area is 122 Å². The first kappa shape index (κ1) is 15.1. The molecule has 21 heavy (non-hydrogen) atoms. The van der Waals surface area contributed by atoms with Crippen LogP contribution < -0.4 is 15.8 Å². The van der Waals surface area contributed by atoms with E-state index in [9.17, 15) is 4.79 Å². The highest BCUT2D eigenvalue weighted by Gasteiger charge is 2.25. The van der Waals surface area contributed by atoms with Crippen LogP contribution in [-0.2, 0) is 9.53 Å². The molecule has 1 amide bonds. The van der Waals surface area contributed by atoms with Gasteiger partial charge in [-0.25, -0.2) is 0 Å². The lowest BCUT2D eigenvalue weighted by Crippen LogP contribution is -2.41. The Bertz CT molecular complexity index is 533. The molecule has 2 atom stereocenters. The standard InChI is InChI=1S/C14H19N3O4/c1-9-11(6-7-20-9)16-13(18)8-21-12-5-3-2-4-10(12)14(15)17-19/h2-5,9,11,19H,6-8H2,1H3,(H2,15,17)(H,16,18). The summed E-state index contributed by atoms with van der Waals surface area (Å²) in [7, 11) is 0. The first-order valence-corrected chi connectivity index (χ1v) is 6.72. The summed E-state index contributed by atoms with van der Waals surface area (Å²) >= 11 is 0. The number of hydrogen-bond donors (Lipinski definition) is 3. The molecule has 0 aliphatic carbocycles. The van der Waals surface area contributed by atoms with Crippen LogP contribution in [0.4, 0.5) is 0 Å². The summed E-state index contributed by atoms with van der Waals surface area (Å²) in [6.45, 7) is 2.44. The quantitative estimate of drug-likeness (QED) is 0.316. The maximum atomic E-state index is 11.9. The third kappa shape index (κ3) is 3.85. The lowest BCUT2D eigenvalue weighted by Gasteiger charge is -2.16. The van der Waals surface area contributed by atoms with Crippen molar-refractivity contribution in [2.45, 2.75) is 25.5 Å². The topological polar surface area (TPSA) is 106 Å². The third-order valence-electron chi connectivity index (χ3n) is 3.35. The van der Waals surface area contributed by atoms with E-state index in [2.05, 4.69) is 10.5 Å². The molecule has 1 aromatic rings. The first-order chi connectivity index (χ1) is 10.1. The molecule has 1 saturated heterocycles. The largest absolute Gasteiger partial charge is 0.483 e. The van der Waals surface area contributed by atoms with Gasteiger partial charge in [0.05, 0.1) is 17.7 Å². The Balaban J connectivity index is 1.92. The van der Waals surface area contributed by atoms with Crippen LogP contribution in [0.25, 0.3) is 0 Å². The Hall–Kier alpha value is -2.28. The minimum absolute atomic E-state index is 0.0124. The van der Waals surface area contributed by atoms with E-state index in [4.69, 9.17) is 20.4 Å². The number of para-hydroxylation sites is 1. The van der Waals surface area contributed by atoms with E-state index in [0.29, 0.717) is 17.9 Å². The second kappa shape index (κ2) is 6.94. The van der Waals surface area contributed by atoms with Gasteiger partial charge in [-0.2, -0.15) is 0 Å². The maximum absolute atomic E-state index is 11.9. The van der Waals surface area contributed by atoms with E-state index in [1.807, 2.05) is 6.92 Å². The summed E-state index contributed by atoms with van der Waals surface area (Å²) in [4.78, 5) is 11.9. The predicted octanol–water partition coefficient (Wildman–Crippen LogP) is 0.453. The van der Waals surface area contributed by atoms with Gasteiger partial charge in [-0.15, -0.1) is 0 Å². The van der Waals surface area contributed by atoms with E-state index >= 15 is 0 Å². The van der Waals surface area contributed by atoms with Crippen molar-refractivity contribution < 1.29 is 19.5 Å². The predicted molar refractivity (Wildman–Crippen MR) is 76.4 cm³/mol. The number of nitrogens with one attached hydrogen (secondary N) is 1. The van der Waals surface area contributed by atoms with Gasteiger partial charge in [0.15, 0.2) is 12.4 Å². The highest BCUT2D eigenvalue weighted by atomic mass is 16.5. The Kier molecular flexibility index (Phi) is 4.99. The summed E-state index contributed by atoms with van der Waals surface area (Å²) in [6.07, 6.45) is 0.812. The molecule has 2 rings (SSSR count). The normalized spacial score (nSPS) is 22.0. The lowest BCUT2D eigenvalue weighted by atomic mass is 10.1. The van der Waals surface area contributed by atoms with Gasteiger partial charge in [0.2, 0.25) is 0 Å². The molecule has 0 aromatic heterocycles. The first-order valence-electron chi connectivity index (χ1n) is 6.72. The Morgan fingerprint density at radius 2 is 2.33 bits per heavy atom. The van der Waals surface area contributed by atoms with E-state index in [-0.39, 0.29) is 30.5 Å². The number of nitrogens with zero attached hydrogens (tertiary/aromatic N) is 1. The van der Waals surface area contributed by atoms with Gasteiger partial charge in [-0.3, -0.25) is 4.79 Å². The van der Waals surface area contributed by atoms with Gasteiger partial charge in [0, 0.05) is 6.61 Å². The summed E-state index contributed by atoms with van der Waals surface area (Å²) in [5.41, 5.74) is 5.99. The monoisotopic (exact) mass is 293 g/mol. The third-order valence-corrected chi connectivity index (χ3v) is 3.35. The van der Waals surface area contributed by atoms with Crippen molar-refractivity contribution in [2.24, 2.45) is 10.9 Å². The van der Waals surface area contributed by atoms with E-state index in [0.717, 1.165) is 6.42 Å². The van der Waals surface area contributed by atoms with Crippen LogP contribution in [-0.4, -0.2) is 42.3 Å². The fraction of sp³-hybridized carbons (Fsp3) is 0.429. The molecule has 7 heteroatoms. The van der Waals surface area contributed by atoms with Gasteiger partial charge in [0.1, 0.15) is 5.75 Å². The highest BCUT2D eigenvalue weighted by Crippen LogP contribution is 2.17. The highest BCUT2D eigenvalue weighted by molar-refractivity contribution is 5.99. The number of benzene rings is 1. The average Bonchev–Trinajstić information content (AvgIpc) is 2.90. The van der Waals surface area contributed by atoms with Gasteiger partial charge >= 0.3 is 0 Å². The molecule has 4 N–H and O–H groups in total. The van der Waals surface area contributed by atoms with Gasteiger partial charge in [-0.1, -0.05) is 17.3 Å². The summed E-state index contributed by atoms with van der Waals surface area (Å²) in [5.74, 6) is 0.0918. The van der Waals surface area contributed by atoms with Gasteiger partial charge in [-0.05, 0) is 25.5 Å². The fourth-order valence-electron chi connectivity index (χ4n) is 2.17. The molecule has 114 valence electrons. The molecule has 0 saturated carbocycles. The van der Waals surface area contributed by atoms with Gasteiger partial charge in [0.25, 0.3) is 5.91 Å². The molecule has 1 heterocycles.